The Morgan fingerprint density at radius 3 is 2.79 bits per heavy atom. The summed E-state index contributed by atoms with van der Waals surface area (Å²) in [5.41, 5.74) is 11.0. The zero-order valence-electron chi connectivity index (χ0n) is 21.4. The van der Waals surface area contributed by atoms with Gasteiger partial charge in [0.1, 0.15) is 0 Å². The first kappa shape index (κ1) is 25.5. The molecule has 198 valence electrons. The number of nitrogens with zero attached hydrogens (tertiary/aromatic N) is 5. The summed E-state index contributed by atoms with van der Waals surface area (Å²) >= 11 is 0. The summed E-state index contributed by atoms with van der Waals surface area (Å²) in [4.78, 5) is 32.0. The highest BCUT2D eigenvalue weighted by atomic mass is 16.5. The fourth-order valence-electron chi connectivity index (χ4n) is 4.56. The lowest BCUT2D eigenvalue weighted by atomic mass is 10.1. The molecule has 1 unspecified atom stereocenters. The maximum atomic E-state index is 13.0. The molecule has 0 spiro atoms. The summed E-state index contributed by atoms with van der Waals surface area (Å²) < 4.78 is 7.11. The highest BCUT2D eigenvalue weighted by molar-refractivity contribution is 6.05. The minimum Gasteiger partial charge on any atom is -0.377 e. The zero-order valence-corrected chi connectivity index (χ0v) is 21.4. The van der Waals surface area contributed by atoms with E-state index in [0.717, 1.165) is 30.7 Å². The molecule has 5 heterocycles. The highest BCUT2D eigenvalue weighted by Crippen LogP contribution is 2.24. The summed E-state index contributed by atoms with van der Waals surface area (Å²) in [5.74, 6) is -0.701. The second-order valence-electron chi connectivity index (χ2n) is 9.64. The van der Waals surface area contributed by atoms with Crippen LogP contribution in [0.25, 0.3) is 5.57 Å². The van der Waals surface area contributed by atoms with Crippen molar-refractivity contribution in [2.75, 3.05) is 36.9 Å². The van der Waals surface area contributed by atoms with Crippen LogP contribution in [0.3, 0.4) is 0 Å². The maximum Gasteiger partial charge on any atom is 0.278 e. The standard InChI is InChI=1S/C26H31N9O3/c1-16-4-3-8-34(16)13-24(36)30-19-10-23(17(2)28-12-19)31-26(37)25(32-27)22-6-5-18(11-29-22)21-7-9-35(33-21)20-14-38-15-20/h5-7,9-12,16,20,27,29H,3-4,8,13-15H2,1-2H3,(H,30,36)(H,31,37)/b25-22-,32-27?. The number of likely N-dealkylation sites (tertiary alicyclic amines) is 1. The average molecular weight is 518 g/mol. The van der Waals surface area contributed by atoms with Crippen molar-refractivity contribution in [3.63, 3.8) is 0 Å². The van der Waals surface area contributed by atoms with E-state index >= 15 is 0 Å². The Labute approximate surface area is 220 Å². The van der Waals surface area contributed by atoms with Crippen LogP contribution in [0.2, 0.25) is 0 Å². The third-order valence-corrected chi connectivity index (χ3v) is 6.95. The average Bonchev–Trinajstić information content (AvgIpc) is 3.50. The monoisotopic (exact) mass is 517 g/mol. The van der Waals surface area contributed by atoms with Crippen LogP contribution in [0.5, 0.6) is 0 Å². The molecule has 5 rings (SSSR count). The molecule has 0 saturated carbocycles. The molecule has 2 aromatic heterocycles. The lowest BCUT2D eigenvalue weighted by Gasteiger charge is -2.26. The number of hydrogen-bond donors (Lipinski definition) is 4. The smallest absolute Gasteiger partial charge is 0.278 e. The van der Waals surface area contributed by atoms with E-state index in [1.807, 2.05) is 23.0 Å². The molecule has 0 aliphatic carbocycles. The van der Waals surface area contributed by atoms with Crippen molar-refractivity contribution in [2.24, 2.45) is 5.11 Å². The first-order chi connectivity index (χ1) is 18.4. The van der Waals surface area contributed by atoms with Gasteiger partial charge in [-0.2, -0.15) is 10.2 Å². The first-order valence-electron chi connectivity index (χ1n) is 12.6. The van der Waals surface area contributed by atoms with E-state index in [2.05, 4.69) is 43.0 Å². The Morgan fingerprint density at radius 1 is 1.29 bits per heavy atom. The van der Waals surface area contributed by atoms with Gasteiger partial charge >= 0.3 is 0 Å². The molecule has 1 atom stereocenters. The SMILES string of the molecule is Cc1ncc(NC(=O)CN2CCCC2C)cc1NC(=O)/C(N=N)=C1\C=CC(c2ccn(C3COC3)n2)=CN1. The number of ether oxygens (including phenoxy) is 1. The van der Waals surface area contributed by atoms with Gasteiger partial charge in [0.15, 0.2) is 5.70 Å². The summed E-state index contributed by atoms with van der Waals surface area (Å²) in [7, 11) is 0. The van der Waals surface area contributed by atoms with Crippen molar-refractivity contribution in [2.45, 2.75) is 38.8 Å². The Morgan fingerprint density at radius 2 is 2.13 bits per heavy atom. The number of pyridine rings is 1. The molecule has 12 heteroatoms. The number of anilines is 2. The van der Waals surface area contributed by atoms with Crippen LogP contribution >= 0.6 is 0 Å². The minimum absolute atomic E-state index is 0.0921. The van der Waals surface area contributed by atoms with E-state index in [9.17, 15) is 9.59 Å². The largest absolute Gasteiger partial charge is 0.377 e. The van der Waals surface area contributed by atoms with Crippen molar-refractivity contribution in [3.05, 3.63) is 65.7 Å². The van der Waals surface area contributed by atoms with Gasteiger partial charge in [0, 0.05) is 24.0 Å². The second kappa shape index (κ2) is 11.1. The molecule has 2 fully saturated rings. The predicted octanol–water partition coefficient (Wildman–Crippen LogP) is 2.96. The van der Waals surface area contributed by atoms with Crippen molar-refractivity contribution < 1.29 is 14.3 Å². The number of rotatable bonds is 8. The van der Waals surface area contributed by atoms with Gasteiger partial charge in [-0.3, -0.25) is 24.2 Å². The number of nitrogens with one attached hydrogen (secondary N) is 4. The van der Waals surface area contributed by atoms with Gasteiger partial charge in [-0.1, -0.05) is 0 Å². The highest BCUT2D eigenvalue weighted by Gasteiger charge is 2.24. The van der Waals surface area contributed by atoms with Crippen molar-refractivity contribution in [1.82, 2.24) is 25.0 Å². The molecule has 3 aliphatic rings. The third kappa shape index (κ3) is 5.55. The van der Waals surface area contributed by atoms with Gasteiger partial charge in [0.05, 0.1) is 60.5 Å². The Hall–Kier alpha value is -4.16. The number of amides is 2. The molecule has 0 aromatic carbocycles. The number of dihydropyridines is 1. The van der Waals surface area contributed by atoms with Crippen LogP contribution in [0.4, 0.5) is 11.4 Å². The third-order valence-electron chi connectivity index (χ3n) is 6.95. The second-order valence-corrected chi connectivity index (χ2v) is 9.64. The lowest BCUT2D eigenvalue weighted by molar-refractivity contribution is -0.117. The quantitative estimate of drug-likeness (QED) is 0.311. The van der Waals surface area contributed by atoms with E-state index in [-0.39, 0.29) is 17.6 Å². The molecule has 4 N–H and O–H groups in total. The van der Waals surface area contributed by atoms with E-state index in [1.165, 1.54) is 0 Å². The molecule has 3 aliphatic heterocycles. The van der Waals surface area contributed by atoms with Gasteiger partial charge in [-0.05, 0) is 57.5 Å². The van der Waals surface area contributed by atoms with E-state index < -0.39 is 5.91 Å². The minimum atomic E-state index is -0.572. The molecule has 0 bridgehead atoms. The number of carbonyl (C=O) groups excluding carboxylic acids is 2. The maximum absolute atomic E-state index is 13.0. The predicted molar refractivity (Wildman–Crippen MR) is 141 cm³/mol. The summed E-state index contributed by atoms with van der Waals surface area (Å²) in [5, 5.41) is 16.7. The summed E-state index contributed by atoms with van der Waals surface area (Å²) in [6.45, 7) is 6.42. The molecule has 2 saturated heterocycles. The zero-order chi connectivity index (χ0) is 26.6. The Kier molecular flexibility index (Phi) is 7.43. The van der Waals surface area contributed by atoms with Crippen LogP contribution in [-0.2, 0) is 14.3 Å². The number of allylic oxidation sites excluding steroid dienone is 3. The molecule has 2 amide bonds. The number of hydrogen-bond acceptors (Lipinski definition) is 9. The number of aryl methyl sites for hydroxylation is 1. The first-order valence-corrected chi connectivity index (χ1v) is 12.6. The van der Waals surface area contributed by atoms with Crippen LogP contribution in [0.1, 0.15) is 37.2 Å². The Balaban J connectivity index is 1.24. The van der Waals surface area contributed by atoms with Crippen molar-refractivity contribution in [1.29, 1.82) is 5.53 Å². The van der Waals surface area contributed by atoms with Crippen LogP contribution in [-0.4, -0.2) is 63.8 Å². The molecular formula is C26H31N9O3. The molecule has 2 aromatic rings. The summed E-state index contributed by atoms with van der Waals surface area (Å²) in [6, 6.07) is 4.22. The van der Waals surface area contributed by atoms with E-state index in [0.29, 0.717) is 48.6 Å². The molecule has 12 nitrogen and oxygen atoms in total. The van der Waals surface area contributed by atoms with Gasteiger partial charge in [0.2, 0.25) is 5.91 Å². The lowest BCUT2D eigenvalue weighted by Crippen LogP contribution is -2.35. The van der Waals surface area contributed by atoms with Gasteiger partial charge in [0.25, 0.3) is 5.91 Å². The van der Waals surface area contributed by atoms with Gasteiger partial charge in [-0.15, -0.1) is 0 Å². The molecule has 0 radical (unpaired) electrons. The fraction of sp³-hybridized carbons (Fsp3) is 0.385. The van der Waals surface area contributed by atoms with Crippen LogP contribution in [0, 0.1) is 12.5 Å². The van der Waals surface area contributed by atoms with E-state index in [4.69, 9.17) is 10.3 Å². The normalized spacial score (nSPS) is 20.8. The number of carbonyl (C=O) groups is 2. The molecule has 38 heavy (non-hydrogen) atoms. The van der Waals surface area contributed by atoms with Gasteiger partial charge < -0.3 is 20.7 Å². The van der Waals surface area contributed by atoms with Crippen molar-refractivity contribution >= 4 is 28.8 Å². The Bertz CT molecular complexity index is 1340. The number of aromatic nitrogens is 3. The van der Waals surface area contributed by atoms with Crippen LogP contribution in [0.15, 0.2) is 59.4 Å². The van der Waals surface area contributed by atoms with Crippen LogP contribution < -0.4 is 16.0 Å². The van der Waals surface area contributed by atoms with Crippen molar-refractivity contribution in [3.8, 4) is 0 Å². The fourth-order valence-corrected chi connectivity index (χ4v) is 4.56. The topological polar surface area (TPSA) is 150 Å². The summed E-state index contributed by atoms with van der Waals surface area (Å²) in [6.07, 6.45) is 10.9. The van der Waals surface area contributed by atoms with E-state index in [1.54, 1.807) is 31.5 Å². The van der Waals surface area contributed by atoms with Gasteiger partial charge in [-0.25, -0.2) is 5.53 Å². The molecular weight excluding hydrogens is 486 g/mol.